The number of rotatable bonds is 0. The van der Waals surface area contributed by atoms with Crippen LogP contribution in [0, 0.1) is 0 Å². The second kappa shape index (κ2) is 6.48. The van der Waals surface area contributed by atoms with E-state index in [0.29, 0.717) is 0 Å². The van der Waals surface area contributed by atoms with E-state index in [1.54, 1.807) is 18.5 Å². The van der Waals surface area contributed by atoms with Crippen LogP contribution in [0.15, 0.2) is 18.5 Å². The summed E-state index contributed by atoms with van der Waals surface area (Å²) in [4.78, 5) is 8.36. The van der Waals surface area contributed by atoms with Crippen LogP contribution in [-0.4, -0.2) is 27.0 Å². The summed E-state index contributed by atoms with van der Waals surface area (Å²) in [7, 11) is 0. The molecule has 0 amide bonds. The number of hydrogen-bond acceptors (Lipinski definition) is 4. The number of carbonyl (C=O) groups is 1. The maximum absolute atomic E-state index is 8.36. The highest BCUT2D eigenvalue weighted by molar-refractivity contribution is 5.32. The minimum absolute atomic E-state index is 0.250. The van der Waals surface area contributed by atoms with Crippen molar-refractivity contribution in [2.45, 2.75) is 0 Å². The van der Waals surface area contributed by atoms with E-state index in [9.17, 15) is 0 Å². The summed E-state index contributed by atoms with van der Waals surface area (Å²) in [5.41, 5.74) is 0. The molecule has 1 heterocycles. The van der Waals surface area contributed by atoms with Crippen LogP contribution in [0.2, 0.25) is 0 Å². The smallest absolute Gasteiger partial charge is 0.290 e. The first-order valence-electron chi connectivity index (χ1n) is 2.08. The van der Waals surface area contributed by atoms with Gasteiger partial charge in [0.1, 0.15) is 0 Å². The Morgan fingerprint density at radius 1 is 1.33 bits per heavy atom. The van der Waals surface area contributed by atoms with Crippen LogP contribution in [0.25, 0.3) is 0 Å². The first-order chi connectivity index (χ1) is 4.41. The zero-order valence-corrected chi connectivity index (χ0v) is 4.51. The van der Waals surface area contributed by atoms with E-state index in [-0.39, 0.29) is 6.47 Å². The van der Waals surface area contributed by atoms with Crippen LogP contribution in [0.3, 0.4) is 0 Å². The van der Waals surface area contributed by atoms with Gasteiger partial charge in [0.05, 0.1) is 12.4 Å². The molecule has 9 heavy (non-hydrogen) atoms. The molecule has 1 aromatic heterocycles. The summed E-state index contributed by atoms with van der Waals surface area (Å²) in [6, 6.07) is 1.72. The Labute approximate surface area is 51.4 Å². The summed E-state index contributed by atoms with van der Waals surface area (Å²) in [5.74, 6) is 0. The van der Waals surface area contributed by atoms with Crippen LogP contribution in [0.4, 0.5) is 0 Å². The Balaban J connectivity index is 0.000000187. The molecule has 0 saturated heterocycles. The Bertz CT molecular complexity index is 117. The lowest BCUT2D eigenvalue weighted by Gasteiger charge is -1.68. The summed E-state index contributed by atoms with van der Waals surface area (Å²) >= 11 is 0. The molecule has 0 saturated carbocycles. The molecule has 0 radical (unpaired) electrons. The minimum Gasteiger partial charge on any atom is -0.483 e. The van der Waals surface area contributed by atoms with E-state index in [2.05, 4.69) is 15.4 Å². The topological polar surface area (TPSA) is 76.0 Å². The first kappa shape index (κ1) is 7.48. The van der Waals surface area contributed by atoms with Crippen molar-refractivity contribution < 1.29 is 9.90 Å². The Kier molecular flexibility index (Phi) is 5.39. The Hall–Kier alpha value is -1.52. The van der Waals surface area contributed by atoms with Crippen LogP contribution in [-0.2, 0) is 4.79 Å². The second-order valence-electron chi connectivity index (χ2n) is 0.916. The fourth-order valence-electron chi connectivity index (χ4n) is 0.205. The van der Waals surface area contributed by atoms with Crippen LogP contribution >= 0.6 is 0 Å². The van der Waals surface area contributed by atoms with Gasteiger partial charge in [-0.25, -0.2) is 0 Å². The fraction of sp³-hybridized carbons (Fsp3) is 0. The summed E-state index contributed by atoms with van der Waals surface area (Å²) in [6.07, 6.45) is 3.15. The lowest BCUT2D eigenvalue weighted by atomic mass is 10.7. The molecule has 0 spiro atoms. The van der Waals surface area contributed by atoms with Gasteiger partial charge in [-0.2, -0.15) is 0 Å². The average Bonchev–Trinajstić information content (AvgIpc) is 1.93. The van der Waals surface area contributed by atoms with Gasteiger partial charge in [0.2, 0.25) is 0 Å². The average molecular weight is 127 g/mol. The van der Waals surface area contributed by atoms with Crippen molar-refractivity contribution in [3.05, 3.63) is 18.5 Å². The SMILES string of the molecule is O=CO.c1cnnnc1. The molecule has 5 heteroatoms. The van der Waals surface area contributed by atoms with Crippen molar-refractivity contribution in [2.75, 3.05) is 0 Å². The third-order valence-corrected chi connectivity index (χ3v) is 0.409. The molecule has 5 nitrogen and oxygen atoms in total. The van der Waals surface area contributed by atoms with Crippen LogP contribution in [0.1, 0.15) is 0 Å². The first-order valence-corrected chi connectivity index (χ1v) is 2.08. The lowest BCUT2D eigenvalue weighted by molar-refractivity contribution is -0.122. The Morgan fingerprint density at radius 3 is 1.89 bits per heavy atom. The molecule has 0 unspecified atom stereocenters. The van der Waals surface area contributed by atoms with Gasteiger partial charge in [-0.15, -0.1) is 10.2 Å². The van der Waals surface area contributed by atoms with Crippen LogP contribution < -0.4 is 0 Å². The van der Waals surface area contributed by atoms with Crippen molar-refractivity contribution in [2.24, 2.45) is 0 Å². The molecule has 1 aromatic rings. The molecule has 0 aliphatic carbocycles. The highest BCUT2D eigenvalue weighted by atomic mass is 16.3. The standard InChI is InChI=1S/C3H3N3.CH2O2/c1-2-4-6-5-3-1;2-1-3/h1-3H;1H,(H,2,3). The highest BCUT2D eigenvalue weighted by Gasteiger charge is 1.60. The van der Waals surface area contributed by atoms with Gasteiger partial charge in [-0.3, -0.25) is 4.79 Å². The molecule has 48 valence electrons. The molecule has 0 aromatic carbocycles. The molecule has 1 N–H and O–H groups in total. The van der Waals surface area contributed by atoms with E-state index in [1.165, 1.54) is 0 Å². The number of aromatic nitrogens is 3. The third kappa shape index (κ3) is 6.48. The van der Waals surface area contributed by atoms with Crippen molar-refractivity contribution >= 4 is 6.47 Å². The van der Waals surface area contributed by atoms with Gasteiger partial charge < -0.3 is 5.11 Å². The zero-order valence-electron chi connectivity index (χ0n) is 4.51. The van der Waals surface area contributed by atoms with E-state index in [0.717, 1.165) is 0 Å². The van der Waals surface area contributed by atoms with Gasteiger partial charge >= 0.3 is 0 Å². The molecule has 1 rings (SSSR count). The predicted octanol–water partition coefficient (Wildman–Crippen LogP) is -0.428. The molecule has 0 bridgehead atoms. The molecule has 0 aliphatic heterocycles. The normalized spacial score (nSPS) is 6.67. The molecular weight excluding hydrogens is 122 g/mol. The second-order valence-corrected chi connectivity index (χ2v) is 0.916. The molecule has 0 atom stereocenters. The van der Waals surface area contributed by atoms with Crippen molar-refractivity contribution in [3.8, 4) is 0 Å². The van der Waals surface area contributed by atoms with Crippen molar-refractivity contribution in [1.29, 1.82) is 0 Å². The molecule has 0 fully saturated rings. The van der Waals surface area contributed by atoms with Gasteiger partial charge in [0, 0.05) is 0 Å². The van der Waals surface area contributed by atoms with Gasteiger partial charge in [-0.05, 0) is 11.3 Å². The van der Waals surface area contributed by atoms with Gasteiger partial charge in [-0.1, -0.05) is 0 Å². The van der Waals surface area contributed by atoms with E-state index >= 15 is 0 Å². The van der Waals surface area contributed by atoms with Crippen LogP contribution in [0.5, 0.6) is 0 Å². The largest absolute Gasteiger partial charge is 0.483 e. The zero-order chi connectivity index (χ0) is 6.95. The number of hydrogen-bond donors (Lipinski definition) is 1. The predicted molar refractivity (Wildman–Crippen MR) is 28.5 cm³/mol. The van der Waals surface area contributed by atoms with Crippen molar-refractivity contribution in [3.63, 3.8) is 0 Å². The van der Waals surface area contributed by atoms with Crippen molar-refractivity contribution in [1.82, 2.24) is 15.4 Å². The van der Waals surface area contributed by atoms with E-state index in [4.69, 9.17) is 9.90 Å². The lowest BCUT2D eigenvalue weighted by Crippen LogP contribution is -1.78. The highest BCUT2D eigenvalue weighted by Crippen LogP contribution is 1.61. The van der Waals surface area contributed by atoms with Gasteiger partial charge in [0.25, 0.3) is 6.47 Å². The Morgan fingerprint density at radius 2 is 1.78 bits per heavy atom. The molecular formula is C4H5N3O2. The molecule has 0 aliphatic rings. The third-order valence-electron chi connectivity index (χ3n) is 0.409. The number of carboxylic acid groups (broad SMARTS) is 1. The maximum Gasteiger partial charge on any atom is 0.290 e. The fourth-order valence-corrected chi connectivity index (χ4v) is 0.205. The quantitative estimate of drug-likeness (QED) is 0.478. The summed E-state index contributed by atoms with van der Waals surface area (Å²) in [5, 5.41) is 17.0. The summed E-state index contributed by atoms with van der Waals surface area (Å²) in [6.45, 7) is -0.250. The maximum atomic E-state index is 8.36. The van der Waals surface area contributed by atoms with E-state index < -0.39 is 0 Å². The van der Waals surface area contributed by atoms with E-state index in [1.807, 2.05) is 0 Å². The van der Waals surface area contributed by atoms with Gasteiger partial charge in [0.15, 0.2) is 0 Å². The summed E-state index contributed by atoms with van der Waals surface area (Å²) < 4.78 is 0. The minimum atomic E-state index is -0.250. The monoisotopic (exact) mass is 127 g/mol. The number of nitrogens with zero attached hydrogens (tertiary/aromatic N) is 3.